The molecule has 0 aliphatic heterocycles. The van der Waals surface area contributed by atoms with Crippen molar-refractivity contribution in [3.05, 3.63) is 28.8 Å². The Balaban J connectivity index is 3.78. The van der Waals surface area contributed by atoms with Gasteiger partial charge in [0.15, 0.2) is 0 Å². The Labute approximate surface area is 138 Å². The Morgan fingerprint density at radius 3 is 2.12 bits per heavy atom. The van der Waals surface area contributed by atoms with E-state index in [1.54, 1.807) is 13.8 Å². The van der Waals surface area contributed by atoms with Crippen molar-refractivity contribution in [3.8, 4) is 0 Å². The van der Waals surface area contributed by atoms with Gasteiger partial charge in [-0.05, 0) is 24.0 Å². The summed E-state index contributed by atoms with van der Waals surface area (Å²) in [4.78, 5) is 10.5. The Hall–Kier alpha value is -1.51. The topological polar surface area (TPSA) is 54.4 Å². The molecule has 0 fully saturated rings. The van der Waals surface area contributed by atoms with Crippen LogP contribution in [-0.4, -0.2) is 27.2 Å². The summed E-state index contributed by atoms with van der Waals surface area (Å²) in [7, 11) is -2.19. The van der Waals surface area contributed by atoms with Crippen LogP contribution >= 0.6 is 0 Å². The van der Waals surface area contributed by atoms with E-state index in [2.05, 4.69) is 0 Å². The van der Waals surface area contributed by atoms with Crippen LogP contribution in [0.1, 0.15) is 42.3 Å². The SMILES string of the molecule is CCc1c(C(=O)O)ccc(C(F)(F)C(F)(F)F)c1[S@@](=O)CC(C)C. The molecule has 1 aromatic rings. The molecule has 0 aromatic heterocycles. The fraction of sp³-hybridized carbons (Fsp3) is 0.533. The van der Waals surface area contributed by atoms with E-state index in [1.807, 2.05) is 0 Å². The van der Waals surface area contributed by atoms with Crippen LogP contribution in [0.15, 0.2) is 17.0 Å². The smallest absolute Gasteiger partial charge is 0.458 e. The number of alkyl halides is 5. The van der Waals surface area contributed by atoms with E-state index in [1.165, 1.54) is 6.92 Å². The summed E-state index contributed by atoms with van der Waals surface area (Å²) in [5.74, 6) is -7.10. The Bertz CT molecular complexity index is 653. The molecular formula is C15H17F5O3S. The molecule has 0 saturated heterocycles. The molecule has 0 spiro atoms. The van der Waals surface area contributed by atoms with Crippen LogP contribution in [-0.2, 0) is 23.1 Å². The van der Waals surface area contributed by atoms with Gasteiger partial charge in [-0.2, -0.15) is 22.0 Å². The lowest BCUT2D eigenvalue weighted by Gasteiger charge is -2.24. The van der Waals surface area contributed by atoms with E-state index < -0.39 is 44.9 Å². The van der Waals surface area contributed by atoms with Gasteiger partial charge in [0, 0.05) is 11.3 Å². The van der Waals surface area contributed by atoms with Gasteiger partial charge in [0.05, 0.1) is 21.3 Å². The fourth-order valence-corrected chi connectivity index (χ4v) is 3.97. The average Bonchev–Trinajstić information content (AvgIpc) is 2.43. The zero-order chi connectivity index (χ0) is 18.9. The van der Waals surface area contributed by atoms with Crippen LogP contribution in [0, 0.1) is 5.92 Å². The molecule has 1 aromatic carbocycles. The number of benzene rings is 1. The lowest BCUT2D eigenvalue weighted by Crippen LogP contribution is -2.35. The third-order valence-corrected chi connectivity index (χ3v) is 5.14. The predicted octanol–water partition coefficient (Wildman–Crippen LogP) is 4.36. The summed E-state index contributed by atoms with van der Waals surface area (Å²) in [6.45, 7) is 4.67. The first-order valence-corrected chi connectivity index (χ1v) is 8.39. The first-order valence-electron chi connectivity index (χ1n) is 7.07. The van der Waals surface area contributed by atoms with E-state index in [0.29, 0.717) is 12.1 Å². The van der Waals surface area contributed by atoms with Gasteiger partial charge in [-0.15, -0.1) is 0 Å². The molecule has 0 radical (unpaired) electrons. The van der Waals surface area contributed by atoms with E-state index in [4.69, 9.17) is 5.11 Å². The second-order valence-electron chi connectivity index (χ2n) is 5.61. The van der Waals surface area contributed by atoms with Crippen molar-refractivity contribution in [2.75, 3.05) is 5.75 Å². The number of carboxylic acids is 1. The quantitative estimate of drug-likeness (QED) is 0.755. The Morgan fingerprint density at radius 2 is 1.75 bits per heavy atom. The molecule has 1 N–H and O–H groups in total. The number of hydrogen-bond donors (Lipinski definition) is 1. The molecule has 9 heteroatoms. The van der Waals surface area contributed by atoms with E-state index >= 15 is 0 Å². The van der Waals surface area contributed by atoms with Gasteiger partial charge in [0.25, 0.3) is 0 Å². The molecule has 0 aliphatic carbocycles. The Morgan fingerprint density at radius 1 is 1.21 bits per heavy atom. The second-order valence-corrected chi connectivity index (χ2v) is 7.04. The number of aromatic carboxylic acids is 1. The number of carbonyl (C=O) groups is 1. The maximum absolute atomic E-state index is 13.9. The summed E-state index contributed by atoms with van der Waals surface area (Å²) in [5.41, 5.74) is -2.13. The largest absolute Gasteiger partial charge is 0.478 e. The molecular weight excluding hydrogens is 355 g/mol. The Kier molecular flexibility index (Phi) is 6.13. The van der Waals surface area contributed by atoms with Crippen LogP contribution < -0.4 is 0 Å². The third-order valence-electron chi connectivity index (χ3n) is 3.25. The minimum absolute atomic E-state index is 0.136. The van der Waals surface area contributed by atoms with Crippen LogP contribution in [0.3, 0.4) is 0 Å². The van der Waals surface area contributed by atoms with Crippen molar-refractivity contribution in [2.45, 2.75) is 44.2 Å². The zero-order valence-corrected chi connectivity index (χ0v) is 14.0. The van der Waals surface area contributed by atoms with Gasteiger partial charge in [-0.25, -0.2) is 4.79 Å². The summed E-state index contributed by atoms with van der Waals surface area (Å²) in [6.07, 6.45) is -6.01. The average molecular weight is 372 g/mol. The highest BCUT2D eigenvalue weighted by Gasteiger charge is 2.60. The summed E-state index contributed by atoms with van der Waals surface area (Å²) in [5, 5.41) is 9.13. The van der Waals surface area contributed by atoms with Gasteiger partial charge in [0.1, 0.15) is 0 Å². The molecule has 0 bridgehead atoms. The highest BCUT2D eigenvalue weighted by molar-refractivity contribution is 7.85. The third kappa shape index (κ3) is 3.93. The maximum atomic E-state index is 13.9. The standard InChI is InChI=1S/C15H17F5O3S/c1-4-9-10(13(21)22)5-6-11(14(16,17)15(18,19)20)12(9)24(23)7-8(2)3/h5-6,8H,4,7H2,1-3H3,(H,21,22)/t24-/m0/s1. The normalized spacial score (nSPS) is 14.0. The highest BCUT2D eigenvalue weighted by atomic mass is 32.2. The van der Waals surface area contributed by atoms with E-state index in [-0.39, 0.29) is 23.7 Å². The van der Waals surface area contributed by atoms with Crippen molar-refractivity contribution in [2.24, 2.45) is 5.92 Å². The fourth-order valence-electron chi connectivity index (χ4n) is 2.23. The minimum atomic E-state index is -5.88. The van der Waals surface area contributed by atoms with Crippen molar-refractivity contribution < 1.29 is 36.1 Å². The van der Waals surface area contributed by atoms with Crippen molar-refractivity contribution in [3.63, 3.8) is 0 Å². The predicted molar refractivity (Wildman–Crippen MR) is 78.8 cm³/mol. The van der Waals surface area contributed by atoms with Gasteiger partial charge < -0.3 is 5.11 Å². The summed E-state index contributed by atoms with van der Waals surface area (Å²) < 4.78 is 78.4. The molecule has 0 amide bonds. The molecule has 0 saturated carbocycles. The molecule has 1 atom stereocenters. The molecule has 136 valence electrons. The van der Waals surface area contributed by atoms with Crippen molar-refractivity contribution in [1.29, 1.82) is 0 Å². The summed E-state index contributed by atoms with van der Waals surface area (Å²) in [6, 6.07) is 1.11. The van der Waals surface area contributed by atoms with Gasteiger partial charge in [-0.3, -0.25) is 4.21 Å². The number of rotatable bonds is 6. The second kappa shape index (κ2) is 7.16. The molecule has 0 unspecified atom stereocenters. The first kappa shape index (κ1) is 20.5. The van der Waals surface area contributed by atoms with Crippen LogP contribution in [0.2, 0.25) is 0 Å². The monoisotopic (exact) mass is 372 g/mol. The maximum Gasteiger partial charge on any atom is 0.458 e. The highest BCUT2D eigenvalue weighted by Crippen LogP contribution is 2.47. The lowest BCUT2D eigenvalue weighted by molar-refractivity contribution is -0.290. The van der Waals surface area contributed by atoms with E-state index in [0.717, 1.165) is 0 Å². The van der Waals surface area contributed by atoms with Crippen LogP contribution in [0.25, 0.3) is 0 Å². The molecule has 3 nitrogen and oxygen atoms in total. The van der Waals surface area contributed by atoms with Crippen molar-refractivity contribution >= 4 is 16.8 Å². The zero-order valence-electron chi connectivity index (χ0n) is 13.2. The number of hydrogen-bond acceptors (Lipinski definition) is 2. The summed E-state index contributed by atoms with van der Waals surface area (Å²) >= 11 is 0. The number of carboxylic acid groups (broad SMARTS) is 1. The van der Waals surface area contributed by atoms with Gasteiger partial charge in [-0.1, -0.05) is 26.8 Å². The first-order chi connectivity index (χ1) is 10.8. The van der Waals surface area contributed by atoms with E-state index in [9.17, 15) is 31.0 Å². The van der Waals surface area contributed by atoms with Gasteiger partial charge in [0.2, 0.25) is 0 Å². The number of halogens is 5. The lowest BCUT2D eigenvalue weighted by atomic mass is 9.98. The molecule has 24 heavy (non-hydrogen) atoms. The molecule has 1 rings (SSSR count). The van der Waals surface area contributed by atoms with Crippen LogP contribution in [0.5, 0.6) is 0 Å². The van der Waals surface area contributed by atoms with Crippen LogP contribution in [0.4, 0.5) is 22.0 Å². The minimum Gasteiger partial charge on any atom is -0.478 e. The van der Waals surface area contributed by atoms with Crippen molar-refractivity contribution in [1.82, 2.24) is 0 Å². The molecule has 0 heterocycles. The van der Waals surface area contributed by atoms with Gasteiger partial charge >= 0.3 is 18.1 Å². The molecule has 0 aliphatic rings.